The van der Waals surface area contributed by atoms with E-state index in [1.807, 2.05) is 72.8 Å². The fourth-order valence-electron chi connectivity index (χ4n) is 5.29. The van der Waals surface area contributed by atoms with Crippen LogP contribution < -0.4 is 0 Å². The van der Waals surface area contributed by atoms with Crippen molar-refractivity contribution in [2.75, 3.05) is 0 Å². The first-order valence-electron chi connectivity index (χ1n) is 11.2. The summed E-state index contributed by atoms with van der Waals surface area (Å²) in [4.78, 5) is 3.74. The van der Waals surface area contributed by atoms with Crippen LogP contribution in [0.5, 0.6) is 0 Å². The Hall–Kier alpha value is -5.26. The van der Waals surface area contributed by atoms with Gasteiger partial charge in [-0.05, 0) is 24.3 Å². The highest BCUT2D eigenvalue weighted by atomic mass is 16.4. The normalized spacial score (nSPS) is 11.4. The summed E-state index contributed by atoms with van der Waals surface area (Å²) in [5.41, 5.74) is 4.94. The number of benzene rings is 4. The molecule has 0 spiro atoms. The number of para-hydroxylation sites is 4. The van der Waals surface area contributed by atoms with E-state index in [1.165, 1.54) is 0 Å². The van der Waals surface area contributed by atoms with Crippen molar-refractivity contribution in [2.24, 2.45) is 0 Å². The van der Waals surface area contributed by atoms with Gasteiger partial charge >= 0.3 is 5.88 Å². The van der Waals surface area contributed by atoms with E-state index in [-0.39, 0.29) is 11.6 Å². The first-order valence-corrected chi connectivity index (χ1v) is 11.2. The Labute approximate surface area is 200 Å². The molecule has 0 aliphatic rings. The van der Waals surface area contributed by atoms with Crippen LogP contribution in [0.4, 0.5) is 5.88 Å². The van der Waals surface area contributed by atoms with Crippen LogP contribution >= 0.6 is 0 Å². The van der Waals surface area contributed by atoms with Gasteiger partial charge in [0.05, 0.1) is 28.6 Å². The fourth-order valence-corrected chi connectivity index (χ4v) is 5.29. The third-order valence-electron chi connectivity index (χ3n) is 6.65. The molecule has 0 N–H and O–H groups in total. The van der Waals surface area contributed by atoms with Crippen LogP contribution in [-0.2, 0) is 0 Å². The monoisotopic (exact) mass is 448 g/mol. The number of fused-ring (bicyclic) bond motifs is 6. The molecule has 7 rings (SSSR count). The van der Waals surface area contributed by atoms with Gasteiger partial charge in [0.2, 0.25) is 5.76 Å². The summed E-state index contributed by atoms with van der Waals surface area (Å²) in [6.45, 7) is 7.94. The van der Waals surface area contributed by atoms with Crippen LogP contribution in [0.1, 0.15) is 5.76 Å². The number of nitriles is 1. The topological polar surface area (TPSA) is 51.1 Å². The van der Waals surface area contributed by atoms with E-state index in [0.29, 0.717) is 11.4 Å². The molecule has 0 aliphatic carbocycles. The third kappa shape index (κ3) is 2.50. The van der Waals surface area contributed by atoms with Crippen LogP contribution in [0.3, 0.4) is 0 Å². The maximum absolute atomic E-state index is 10.1. The number of rotatable bonds is 2. The second-order valence-corrected chi connectivity index (χ2v) is 8.40. The lowest BCUT2D eigenvalue weighted by atomic mass is 10.2. The molecular weight excluding hydrogens is 432 g/mol. The van der Waals surface area contributed by atoms with Crippen LogP contribution in [0.15, 0.2) is 101 Å². The number of hydrogen-bond donors (Lipinski definition) is 0. The lowest BCUT2D eigenvalue weighted by molar-refractivity contribution is 0.574. The molecule has 4 aromatic carbocycles. The molecule has 35 heavy (non-hydrogen) atoms. The quantitative estimate of drug-likeness (QED) is 0.252. The highest BCUT2D eigenvalue weighted by Gasteiger charge is 2.28. The zero-order valence-corrected chi connectivity index (χ0v) is 18.4. The summed E-state index contributed by atoms with van der Waals surface area (Å²) in [5.74, 6) is 0.198. The van der Waals surface area contributed by atoms with Gasteiger partial charge in [0.15, 0.2) is 0 Å². The minimum absolute atomic E-state index is 0.0879. The molecule has 7 aromatic rings. The van der Waals surface area contributed by atoms with Crippen molar-refractivity contribution in [3.05, 3.63) is 114 Å². The van der Waals surface area contributed by atoms with E-state index in [1.54, 1.807) is 0 Å². The highest BCUT2D eigenvalue weighted by Crippen LogP contribution is 2.44. The maximum atomic E-state index is 10.1. The Balaban J connectivity index is 1.74. The van der Waals surface area contributed by atoms with Crippen LogP contribution in [0, 0.1) is 17.9 Å². The lowest BCUT2D eigenvalue weighted by Gasteiger charge is -2.12. The molecule has 0 atom stereocenters. The molecule has 0 bridgehead atoms. The lowest BCUT2D eigenvalue weighted by Crippen LogP contribution is -2.02. The first kappa shape index (κ1) is 19.2. The first-order chi connectivity index (χ1) is 17.3. The van der Waals surface area contributed by atoms with E-state index >= 15 is 0 Å². The summed E-state index contributed by atoms with van der Waals surface area (Å²) in [6.07, 6.45) is 0. The van der Waals surface area contributed by atoms with Crippen molar-refractivity contribution in [1.82, 2.24) is 9.13 Å². The van der Waals surface area contributed by atoms with Gasteiger partial charge in [-0.1, -0.05) is 72.8 Å². The summed E-state index contributed by atoms with van der Waals surface area (Å²) in [6, 6.07) is 34.7. The van der Waals surface area contributed by atoms with Crippen molar-refractivity contribution in [3.8, 4) is 17.4 Å². The van der Waals surface area contributed by atoms with Gasteiger partial charge in [0.25, 0.3) is 0 Å². The summed E-state index contributed by atoms with van der Waals surface area (Å²) in [5, 5.41) is 14.5. The molecule has 0 unspecified atom stereocenters. The van der Waals surface area contributed by atoms with Gasteiger partial charge < -0.3 is 13.6 Å². The van der Waals surface area contributed by atoms with E-state index in [0.717, 1.165) is 43.6 Å². The number of aromatic nitrogens is 2. The summed E-state index contributed by atoms with van der Waals surface area (Å²) in [7, 11) is 0. The Morgan fingerprint density at radius 3 is 1.34 bits per heavy atom. The van der Waals surface area contributed by atoms with E-state index in [4.69, 9.17) is 11.0 Å². The number of nitrogens with zero attached hydrogens (tertiary/aromatic N) is 4. The minimum Gasteiger partial charge on any atom is -0.468 e. The van der Waals surface area contributed by atoms with Gasteiger partial charge in [0.1, 0.15) is 17.4 Å². The molecular formula is C30H16N4O. The second kappa shape index (κ2) is 7.12. The molecule has 3 heterocycles. The Kier molecular flexibility index (Phi) is 3.91. The predicted molar refractivity (Wildman–Crippen MR) is 138 cm³/mol. The van der Waals surface area contributed by atoms with Gasteiger partial charge in [0, 0.05) is 21.5 Å². The molecule has 0 aliphatic heterocycles. The van der Waals surface area contributed by atoms with Crippen LogP contribution in [0.2, 0.25) is 0 Å². The van der Waals surface area contributed by atoms with Crippen molar-refractivity contribution in [2.45, 2.75) is 0 Å². The molecule has 0 saturated carbocycles. The average molecular weight is 448 g/mol. The fraction of sp³-hybridized carbons (Fsp3) is 0. The molecule has 5 heteroatoms. The molecule has 5 nitrogen and oxygen atoms in total. The number of furan rings is 1. The van der Waals surface area contributed by atoms with Crippen molar-refractivity contribution >= 4 is 49.5 Å². The Morgan fingerprint density at radius 2 is 0.971 bits per heavy atom. The predicted octanol–water partition coefficient (Wildman–Crippen LogP) is 7.90. The SMILES string of the molecule is [C-]#[N+]c1oc(C#N)c(-n2c3ccccc3c3ccccc32)c1-n1c2ccccc2c2ccccc21. The van der Waals surface area contributed by atoms with Crippen molar-refractivity contribution in [1.29, 1.82) is 5.26 Å². The largest absolute Gasteiger partial charge is 0.468 e. The Morgan fingerprint density at radius 1 is 0.600 bits per heavy atom. The second-order valence-electron chi connectivity index (χ2n) is 8.40. The zero-order valence-electron chi connectivity index (χ0n) is 18.4. The third-order valence-corrected chi connectivity index (χ3v) is 6.65. The van der Waals surface area contributed by atoms with Crippen LogP contribution in [0.25, 0.3) is 59.8 Å². The van der Waals surface area contributed by atoms with E-state index < -0.39 is 0 Å². The van der Waals surface area contributed by atoms with E-state index in [9.17, 15) is 5.26 Å². The maximum Gasteiger partial charge on any atom is 0.372 e. The molecule has 162 valence electrons. The average Bonchev–Trinajstić information content (AvgIpc) is 3.55. The summed E-state index contributed by atoms with van der Waals surface area (Å²) < 4.78 is 10.0. The molecule has 3 aromatic heterocycles. The number of hydrogen-bond acceptors (Lipinski definition) is 2. The molecule has 0 saturated heterocycles. The smallest absolute Gasteiger partial charge is 0.372 e. The van der Waals surface area contributed by atoms with Gasteiger partial charge in [-0.15, -0.1) is 0 Å². The highest BCUT2D eigenvalue weighted by molar-refractivity contribution is 6.12. The van der Waals surface area contributed by atoms with Crippen LogP contribution in [-0.4, -0.2) is 9.13 Å². The van der Waals surface area contributed by atoms with E-state index in [2.05, 4.69) is 44.3 Å². The molecule has 0 fully saturated rings. The minimum atomic E-state index is 0.0879. The standard InChI is InChI=1S/C30H16N4O/c1-32-30-29(34-25-16-8-4-12-21(25)22-13-5-9-17-26(22)34)28(27(18-31)35-30)33-23-14-6-2-10-19(23)20-11-3-7-15-24(20)33/h2-17H. The molecule has 0 amide bonds. The van der Waals surface area contributed by atoms with Gasteiger partial charge in [-0.25, -0.2) is 0 Å². The van der Waals surface area contributed by atoms with Crippen molar-refractivity contribution in [3.63, 3.8) is 0 Å². The summed E-state index contributed by atoms with van der Waals surface area (Å²) >= 11 is 0. The molecule has 0 radical (unpaired) electrons. The van der Waals surface area contributed by atoms with Crippen molar-refractivity contribution < 1.29 is 4.42 Å². The van der Waals surface area contributed by atoms with Gasteiger partial charge in [-0.2, -0.15) is 10.1 Å². The Bertz CT molecular complexity index is 1790. The van der Waals surface area contributed by atoms with Gasteiger partial charge in [-0.3, -0.25) is 0 Å². The zero-order chi connectivity index (χ0) is 23.5.